The van der Waals surface area contributed by atoms with Crippen molar-refractivity contribution in [2.45, 2.75) is 37.8 Å². The van der Waals surface area contributed by atoms with Gasteiger partial charge in [-0.25, -0.2) is 0 Å². The standard InChI is InChI=1S/C14H17BrCl2N2/c15-9-6-12(16)14(13(17)7-9)18-10-3-5-19-4-1-2-11(19)8-10/h6-7,10-11,18H,1-5,8H2. The van der Waals surface area contributed by atoms with E-state index < -0.39 is 0 Å². The first-order valence-electron chi connectivity index (χ1n) is 6.78. The van der Waals surface area contributed by atoms with Gasteiger partial charge in [-0.3, -0.25) is 0 Å². The SMILES string of the molecule is Clc1cc(Br)cc(Cl)c1NC1CCN2CCCC2C1. The van der Waals surface area contributed by atoms with E-state index in [0.717, 1.165) is 16.2 Å². The quantitative estimate of drug-likeness (QED) is 0.812. The third kappa shape index (κ3) is 3.05. The van der Waals surface area contributed by atoms with Crippen molar-refractivity contribution in [1.82, 2.24) is 4.90 Å². The minimum atomic E-state index is 0.482. The molecule has 2 fully saturated rings. The summed E-state index contributed by atoms with van der Waals surface area (Å²) < 4.78 is 0.915. The number of hydrogen-bond donors (Lipinski definition) is 1. The molecule has 0 radical (unpaired) electrons. The van der Waals surface area contributed by atoms with Crippen LogP contribution in [-0.2, 0) is 0 Å². The molecule has 0 bridgehead atoms. The second-order valence-corrected chi connectivity index (χ2v) is 7.17. The van der Waals surface area contributed by atoms with Gasteiger partial charge in [-0.05, 0) is 44.4 Å². The van der Waals surface area contributed by atoms with Crippen molar-refractivity contribution in [2.75, 3.05) is 18.4 Å². The van der Waals surface area contributed by atoms with Gasteiger partial charge < -0.3 is 10.2 Å². The van der Waals surface area contributed by atoms with Gasteiger partial charge in [-0.1, -0.05) is 39.1 Å². The molecule has 2 heterocycles. The average Bonchev–Trinajstić information content (AvgIpc) is 2.81. The number of nitrogens with zero attached hydrogens (tertiary/aromatic N) is 1. The largest absolute Gasteiger partial charge is 0.380 e. The van der Waals surface area contributed by atoms with Gasteiger partial charge in [0.15, 0.2) is 0 Å². The highest BCUT2D eigenvalue weighted by Crippen LogP contribution is 2.36. The van der Waals surface area contributed by atoms with Crippen molar-refractivity contribution in [2.24, 2.45) is 0 Å². The molecule has 2 atom stereocenters. The Kier molecular flexibility index (Phi) is 4.28. The highest BCUT2D eigenvalue weighted by molar-refractivity contribution is 9.10. The van der Waals surface area contributed by atoms with E-state index in [1.54, 1.807) is 0 Å². The molecule has 2 unspecified atom stereocenters. The van der Waals surface area contributed by atoms with Gasteiger partial charge in [0.05, 0.1) is 15.7 Å². The molecule has 0 spiro atoms. The summed E-state index contributed by atoms with van der Waals surface area (Å²) in [6, 6.07) is 5.01. The van der Waals surface area contributed by atoms with E-state index in [2.05, 4.69) is 26.1 Å². The topological polar surface area (TPSA) is 15.3 Å². The molecule has 2 saturated heterocycles. The van der Waals surface area contributed by atoms with Crippen LogP contribution in [0.15, 0.2) is 16.6 Å². The molecular weight excluding hydrogens is 347 g/mol. The Balaban J connectivity index is 1.72. The maximum atomic E-state index is 6.28. The fourth-order valence-electron chi connectivity index (χ4n) is 3.24. The van der Waals surface area contributed by atoms with Crippen molar-refractivity contribution < 1.29 is 0 Å². The maximum Gasteiger partial charge on any atom is 0.0721 e. The molecule has 3 rings (SSSR count). The van der Waals surface area contributed by atoms with Crippen molar-refractivity contribution >= 4 is 44.8 Å². The van der Waals surface area contributed by atoms with Gasteiger partial charge in [0, 0.05) is 23.1 Å². The third-order valence-corrected chi connectivity index (χ3v) is 5.23. The van der Waals surface area contributed by atoms with E-state index in [9.17, 15) is 0 Å². The van der Waals surface area contributed by atoms with Crippen LogP contribution in [0.2, 0.25) is 10.0 Å². The van der Waals surface area contributed by atoms with Crippen molar-refractivity contribution in [1.29, 1.82) is 0 Å². The second kappa shape index (κ2) is 5.80. The Bertz CT molecular complexity index is 458. The lowest BCUT2D eigenvalue weighted by Gasteiger charge is -2.35. The predicted octanol–water partition coefficient (Wildman–Crippen LogP) is 4.79. The van der Waals surface area contributed by atoms with Crippen molar-refractivity contribution in [3.05, 3.63) is 26.7 Å². The van der Waals surface area contributed by atoms with Gasteiger partial charge in [0.25, 0.3) is 0 Å². The number of rotatable bonds is 2. The van der Waals surface area contributed by atoms with Crippen LogP contribution in [0.4, 0.5) is 5.69 Å². The Hall–Kier alpha value is 0.0400. The van der Waals surface area contributed by atoms with Crippen LogP contribution in [0.25, 0.3) is 0 Å². The molecule has 1 N–H and O–H groups in total. The Morgan fingerprint density at radius 2 is 1.89 bits per heavy atom. The van der Waals surface area contributed by atoms with Crippen molar-refractivity contribution in [3.63, 3.8) is 0 Å². The molecule has 0 aromatic heterocycles. The summed E-state index contributed by atoms with van der Waals surface area (Å²) >= 11 is 16.0. The Morgan fingerprint density at radius 1 is 1.16 bits per heavy atom. The van der Waals surface area contributed by atoms with E-state index in [1.165, 1.54) is 38.8 Å². The number of nitrogens with one attached hydrogen (secondary N) is 1. The van der Waals surface area contributed by atoms with E-state index in [1.807, 2.05) is 12.1 Å². The molecule has 19 heavy (non-hydrogen) atoms. The molecule has 2 aliphatic rings. The van der Waals surface area contributed by atoms with Crippen LogP contribution in [-0.4, -0.2) is 30.1 Å². The number of benzene rings is 1. The van der Waals surface area contributed by atoms with E-state index in [4.69, 9.17) is 23.2 Å². The van der Waals surface area contributed by atoms with Gasteiger partial charge in [0.2, 0.25) is 0 Å². The minimum absolute atomic E-state index is 0.482. The van der Waals surface area contributed by atoms with Crippen LogP contribution < -0.4 is 5.32 Å². The summed E-state index contributed by atoms with van der Waals surface area (Å²) in [4.78, 5) is 2.61. The van der Waals surface area contributed by atoms with Gasteiger partial charge in [-0.2, -0.15) is 0 Å². The summed E-state index contributed by atoms with van der Waals surface area (Å²) in [5.41, 5.74) is 0.878. The van der Waals surface area contributed by atoms with E-state index in [-0.39, 0.29) is 0 Å². The summed E-state index contributed by atoms with van der Waals surface area (Å²) in [6.07, 6.45) is 5.04. The number of halogens is 3. The average molecular weight is 364 g/mol. The van der Waals surface area contributed by atoms with Gasteiger partial charge in [0.1, 0.15) is 0 Å². The maximum absolute atomic E-state index is 6.28. The molecule has 0 saturated carbocycles. The van der Waals surface area contributed by atoms with E-state index >= 15 is 0 Å². The highest BCUT2D eigenvalue weighted by Gasteiger charge is 2.31. The monoisotopic (exact) mass is 362 g/mol. The van der Waals surface area contributed by atoms with Crippen molar-refractivity contribution in [3.8, 4) is 0 Å². The van der Waals surface area contributed by atoms with Crippen LogP contribution in [0.5, 0.6) is 0 Å². The summed E-state index contributed by atoms with van der Waals surface area (Å²) in [5.74, 6) is 0. The molecule has 2 nitrogen and oxygen atoms in total. The third-order valence-electron chi connectivity index (χ3n) is 4.18. The summed E-state index contributed by atoms with van der Waals surface area (Å²) in [5, 5.41) is 4.92. The Morgan fingerprint density at radius 3 is 2.63 bits per heavy atom. The normalized spacial score (nSPS) is 27.3. The number of fused-ring (bicyclic) bond motifs is 1. The first-order chi connectivity index (χ1) is 9.13. The molecule has 1 aromatic rings. The zero-order valence-electron chi connectivity index (χ0n) is 10.6. The minimum Gasteiger partial charge on any atom is -0.380 e. The lowest BCUT2D eigenvalue weighted by atomic mass is 9.97. The predicted molar refractivity (Wildman–Crippen MR) is 85.4 cm³/mol. The van der Waals surface area contributed by atoms with Crippen LogP contribution in [0.3, 0.4) is 0 Å². The van der Waals surface area contributed by atoms with Gasteiger partial charge in [-0.15, -0.1) is 0 Å². The Labute approximate surface area is 132 Å². The van der Waals surface area contributed by atoms with E-state index in [0.29, 0.717) is 16.1 Å². The molecule has 104 valence electrons. The zero-order chi connectivity index (χ0) is 13.4. The number of hydrogen-bond acceptors (Lipinski definition) is 2. The molecule has 5 heteroatoms. The highest BCUT2D eigenvalue weighted by atomic mass is 79.9. The van der Waals surface area contributed by atoms with Crippen LogP contribution in [0, 0.1) is 0 Å². The molecule has 2 aliphatic heterocycles. The molecular formula is C14H17BrCl2N2. The second-order valence-electron chi connectivity index (χ2n) is 5.44. The van der Waals surface area contributed by atoms with Crippen LogP contribution >= 0.6 is 39.1 Å². The molecule has 0 aliphatic carbocycles. The summed E-state index contributed by atoms with van der Waals surface area (Å²) in [6.45, 7) is 2.46. The van der Waals surface area contributed by atoms with Gasteiger partial charge >= 0.3 is 0 Å². The first-order valence-corrected chi connectivity index (χ1v) is 8.33. The smallest absolute Gasteiger partial charge is 0.0721 e. The fraction of sp³-hybridized carbons (Fsp3) is 0.571. The number of piperidine rings is 1. The van der Waals surface area contributed by atoms with Crippen LogP contribution in [0.1, 0.15) is 25.7 Å². The fourth-order valence-corrected chi connectivity index (χ4v) is 4.56. The molecule has 1 aromatic carbocycles. The zero-order valence-corrected chi connectivity index (χ0v) is 13.7. The molecule has 0 amide bonds. The first kappa shape index (κ1) is 14.0. The lowest BCUT2D eigenvalue weighted by Crippen LogP contribution is -2.42. The number of anilines is 1. The summed E-state index contributed by atoms with van der Waals surface area (Å²) in [7, 11) is 0. The lowest BCUT2D eigenvalue weighted by molar-refractivity contribution is 0.188.